The van der Waals surface area contributed by atoms with Crippen molar-refractivity contribution in [1.29, 1.82) is 0 Å². The maximum Gasteiger partial charge on any atom is 0.124 e. The molecule has 0 saturated heterocycles. The summed E-state index contributed by atoms with van der Waals surface area (Å²) in [5.74, 6) is -0.511. The lowest BCUT2D eigenvalue weighted by molar-refractivity contribution is 0.562. The summed E-state index contributed by atoms with van der Waals surface area (Å²) in [6.45, 7) is 2.55. The molecule has 100 valence electrons. The number of nitrogens with one attached hydrogen (secondary N) is 1. The fourth-order valence-corrected chi connectivity index (χ4v) is 2.31. The van der Waals surface area contributed by atoms with Crippen LogP contribution in [0.3, 0.4) is 0 Å². The van der Waals surface area contributed by atoms with Crippen LogP contribution in [0.25, 0.3) is 0 Å². The highest BCUT2D eigenvalue weighted by Gasteiger charge is 2.07. The molecule has 0 amide bonds. The van der Waals surface area contributed by atoms with Gasteiger partial charge in [-0.15, -0.1) is 0 Å². The van der Waals surface area contributed by atoms with E-state index in [-0.39, 0.29) is 17.7 Å². The van der Waals surface area contributed by atoms with Crippen LogP contribution in [0.2, 0.25) is 0 Å². The van der Waals surface area contributed by atoms with E-state index in [1.807, 2.05) is 13.0 Å². The molecule has 0 radical (unpaired) electrons. The first-order chi connectivity index (χ1) is 9.06. The van der Waals surface area contributed by atoms with Gasteiger partial charge in [-0.2, -0.15) is 0 Å². The van der Waals surface area contributed by atoms with Crippen molar-refractivity contribution in [3.05, 3.63) is 69.7 Å². The van der Waals surface area contributed by atoms with Gasteiger partial charge in [0.1, 0.15) is 11.6 Å². The minimum Gasteiger partial charge on any atom is -0.306 e. The Morgan fingerprint density at radius 2 is 1.84 bits per heavy atom. The Hall–Kier alpha value is -1.26. The molecule has 0 aromatic heterocycles. The Morgan fingerprint density at radius 3 is 2.53 bits per heavy atom. The SMILES string of the molecule is CC(NCc1ccc(F)cc1Br)c1cccc(F)c1. The maximum absolute atomic E-state index is 13.1. The molecule has 0 fully saturated rings. The zero-order chi connectivity index (χ0) is 13.8. The zero-order valence-corrected chi connectivity index (χ0v) is 12.0. The second-order valence-corrected chi connectivity index (χ2v) is 5.25. The fourth-order valence-electron chi connectivity index (χ4n) is 1.82. The van der Waals surface area contributed by atoms with Crippen molar-refractivity contribution in [3.63, 3.8) is 0 Å². The van der Waals surface area contributed by atoms with Crippen LogP contribution in [-0.4, -0.2) is 0 Å². The van der Waals surface area contributed by atoms with Gasteiger partial charge in [0.15, 0.2) is 0 Å². The van der Waals surface area contributed by atoms with Gasteiger partial charge in [-0.25, -0.2) is 8.78 Å². The highest BCUT2D eigenvalue weighted by Crippen LogP contribution is 2.20. The number of hydrogen-bond acceptors (Lipinski definition) is 1. The minimum atomic E-state index is -0.270. The average molecular weight is 326 g/mol. The van der Waals surface area contributed by atoms with E-state index in [9.17, 15) is 8.78 Å². The predicted molar refractivity (Wildman–Crippen MR) is 75.8 cm³/mol. The standard InChI is InChI=1S/C15H14BrF2N/c1-10(11-3-2-4-13(17)7-11)19-9-12-5-6-14(18)8-15(12)16/h2-8,10,19H,9H2,1H3. The van der Waals surface area contributed by atoms with Gasteiger partial charge in [-0.3, -0.25) is 0 Å². The summed E-state index contributed by atoms with van der Waals surface area (Å²) < 4.78 is 26.8. The van der Waals surface area contributed by atoms with E-state index in [1.165, 1.54) is 24.3 Å². The molecule has 2 rings (SSSR count). The molecular weight excluding hydrogens is 312 g/mol. The molecule has 0 aliphatic rings. The van der Waals surface area contributed by atoms with Gasteiger partial charge in [-0.1, -0.05) is 34.1 Å². The molecule has 2 aromatic carbocycles. The van der Waals surface area contributed by atoms with Crippen molar-refractivity contribution in [2.45, 2.75) is 19.5 Å². The molecule has 0 heterocycles. The molecule has 1 atom stereocenters. The van der Waals surface area contributed by atoms with Crippen LogP contribution in [-0.2, 0) is 6.54 Å². The lowest BCUT2D eigenvalue weighted by Gasteiger charge is -2.15. The summed E-state index contributed by atoms with van der Waals surface area (Å²) in [5, 5.41) is 3.28. The first-order valence-corrected chi connectivity index (χ1v) is 6.78. The molecule has 2 aromatic rings. The van der Waals surface area contributed by atoms with Crippen molar-refractivity contribution >= 4 is 15.9 Å². The fraction of sp³-hybridized carbons (Fsp3) is 0.200. The molecule has 0 bridgehead atoms. The molecule has 1 N–H and O–H groups in total. The van der Waals surface area contributed by atoms with Gasteiger partial charge in [0, 0.05) is 17.1 Å². The van der Waals surface area contributed by atoms with E-state index in [2.05, 4.69) is 21.2 Å². The van der Waals surface area contributed by atoms with Crippen molar-refractivity contribution in [1.82, 2.24) is 5.32 Å². The van der Waals surface area contributed by atoms with Gasteiger partial charge < -0.3 is 5.32 Å². The van der Waals surface area contributed by atoms with E-state index in [1.54, 1.807) is 12.1 Å². The van der Waals surface area contributed by atoms with Crippen LogP contribution in [0.4, 0.5) is 8.78 Å². The van der Waals surface area contributed by atoms with Crippen molar-refractivity contribution in [3.8, 4) is 0 Å². The number of hydrogen-bond donors (Lipinski definition) is 1. The monoisotopic (exact) mass is 325 g/mol. The summed E-state index contributed by atoms with van der Waals surface area (Å²) in [6, 6.07) is 11.1. The van der Waals surface area contributed by atoms with Crippen LogP contribution in [0.15, 0.2) is 46.9 Å². The van der Waals surface area contributed by atoms with E-state index < -0.39 is 0 Å². The third-order valence-electron chi connectivity index (χ3n) is 2.96. The highest BCUT2D eigenvalue weighted by molar-refractivity contribution is 9.10. The molecule has 0 spiro atoms. The van der Waals surface area contributed by atoms with Crippen molar-refractivity contribution < 1.29 is 8.78 Å². The molecule has 0 aliphatic carbocycles. The van der Waals surface area contributed by atoms with Crippen LogP contribution in [0.1, 0.15) is 24.1 Å². The van der Waals surface area contributed by atoms with Crippen molar-refractivity contribution in [2.24, 2.45) is 0 Å². The molecule has 19 heavy (non-hydrogen) atoms. The van der Waals surface area contributed by atoms with Crippen LogP contribution in [0, 0.1) is 11.6 Å². The Morgan fingerprint density at radius 1 is 1.11 bits per heavy atom. The molecule has 4 heteroatoms. The van der Waals surface area contributed by atoms with Gasteiger partial charge in [-0.05, 0) is 42.3 Å². The van der Waals surface area contributed by atoms with E-state index in [4.69, 9.17) is 0 Å². The van der Waals surface area contributed by atoms with E-state index in [0.29, 0.717) is 6.54 Å². The van der Waals surface area contributed by atoms with E-state index in [0.717, 1.165) is 15.6 Å². The smallest absolute Gasteiger partial charge is 0.124 e. The highest BCUT2D eigenvalue weighted by atomic mass is 79.9. The Bertz CT molecular complexity index is 572. The van der Waals surface area contributed by atoms with Crippen LogP contribution in [0.5, 0.6) is 0 Å². The van der Waals surface area contributed by atoms with E-state index >= 15 is 0 Å². The third-order valence-corrected chi connectivity index (χ3v) is 3.70. The Kier molecular flexibility index (Phi) is 4.66. The first kappa shape index (κ1) is 14.2. The molecular formula is C15H14BrF2N. The number of rotatable bonds is 4. The quantitative estimate of drug-likeness (QED) is 0.867. The second kappa shape index (κ2) is 6.26. The lowest BCUT2D eigenvalue weighted by Crippen LogP contribution is -2.18. The van der Waals surface area contributed by atoms with Gasteiger partial charge >= 0.3 is 0 Å². The number of benzene rings is 2. The zero-order valence-electron chi connectivity index (χ0n) is 10.5. The molecule has 1 nitrogen and oxygen atoms in total. The number of halogens is 3. The second-order valence-electron chi connectivity index (χ2n) is 4.39. The van der Waals surface area contributed by atoms with Crippen LogP contribution < -0.4 is 5.32 Å². The molecule has 0 saturated carbocycles. The van der Waals surface area contributed by atoms with Gasteiger partial charge in [0.05, 0.1) is 0 Å². The summed E-state index contributed by atoms with van der Waals surface area (Å²) in [5.41, 5.74) is 1.85. The minimum absolute atomic E-state index is 0.0210. The van der Waals surface area contributed by atoms with Gasteiger partial charge in [0.2, 0.25) is 0 Å². The summed E-state index contributed by atoms with van der Waals surface area (Å²) in [7, 11) is 0. The van der Waals surface area contributed by atoms with Crippen molar-refractivity contribution in [2.75, 3.05) is 0 Å². The third kappa shape index (κ3) is 3.85. The van der Waals surface area contributed by atoms with Gasteiger partial charge in [0.25, 0.3) is 0 Å². The normalized spacial score (nSPS) is 12.4. The maximum atomic E-state index is 13.1. The Balaban J connectivity index is 2.02. The Labute approximate surface area is 119 Å². The average Bonchev–Trinajstić information content (AvgIpc) is 2.37. The van der Waals surface area contributed by atoms with Crippen LogP contribution >= 0.6 is 15.9 Å². The topological polar surface area (TPSA) is 12.0 Å². The summed E-state index contributed by atoms with van der Waals surface area (Å²) in [4.78, 5) is 0. The molecule has 0 aliphatic heterocycles. The first-order valence-electron chi connectivity index (χ1n) is 5.99. The largest absolute Gasteiger partial charge is 0.306 e. The lowest BCUT2D eigenvalue weighted by atomic mass is 10.1. The summed E-state index contributed by atoms with van der Waals surface area (Å²) in [6.07, 6.45) is 0. The summed E-state index contributed by atoms with van der Waals surface area (Å²) >= 11 is 3.33. The predicted octanol–water partition coefficient (Wildman–Crippen LogP) is 4.58. The molecule has 1 unspecified atom stereocenters.